The second kappa shape index (κ2) is 7.09. The van der Waals surface area contributed by atoms with Crippen molar-refractivity contribution in [3.8, 4) is 0 Å². The highest BCUT2D eigenvalue weighted by molar-refractivity contribution is 5.98. The lowest BCUT2D eigenvalue weighted by Gasteiger charge is -2.06. The van der Waals surface area contributed by atoms with Crippen molar-refractivity contribution < 1.29 is 19.8 Å². The zero-order chi connectivity index (χ0) is 9.84. The number of carboxylic acid groups (broad SMARTS) is 2. The van der Waals surface area contributed by atoms with Gasteiger partial charge < -0.3 is 10.2 Å². The molecule has 6 heteroatoms. The fraction of sp³-hybridized carbons (Fsp3) is 0.111. The zero-order valence-electron chi connectivity index (χ0n) is 7.49. The molecule has 0 atom stereocenters. The third-order valence-corrected chi connectivity index (χ3v) is 1.63. The van der Waals surface area contributed by atoms with Gasteiger partial charge in [0.25, 0.3) is 0 Å². The summed E-state index contributed by atoms with van der Waals surface area (Å²) in [6.07, 6.45) is 0. The van der Waals surface area contributed by atoms with E-state index in [1.807, 2.05) is 0 Å². The van der Waals surface area contributed by atoms with Crippen molar-refractivity contribution in [3.05, 3.63) is 35.9 Å². The van der Waals surface area contributed by atoms with E-state index in [0.29, 0.717) is 0 Å². The van der Waals surface area contributed by atoms with Crippen LogP contribution in [0.5, 0.6) is 0 Å². The molecule has 1 aromatic rings. The first-order chi connectivity index (χ1) is 6.13. The fourth-order valence-corrected chi connectivity index (χ4v) is 1.04. The zero-order valence-corrected chi connectivity index (χ0v) is 9.12. The molecule has 0 saturated carbocycles. The Bertz CT molecular complexity index is 312. The largest absolute Gasteiger partial charge is 0.480 e. The summed E-state index contributed by atoms with van der Waals surface area (Å²) in [5.41, 5.74) is 0.280. The lowest BCUT2D eigenvalue weighted by Crippen LogP contribution is -2.20. The van der Waals surface area contributed by atoms with E-state index < -0.39 is 17.9 Å². The van der Waals surface area contributed by atoms with Crippen LogP contribution in [0.15, 0.2) is 30.3 Å². The highest BCUT2D eigenvalue weighted by Gasteiger charge is 2.27. The number of aliphatic carboxylic acids is 2. The van der Waals surface area contributed by atoms with Crippen LogP contribution in [0.25, 0.3) is 0 Å². The molecule has 1 aromatic carbocycles. The van der Waals surface area contributed by atoms with E-state index in [9.17, 15) is 9.59 Å². The number of carbonyl (C=O) groups is 2. The van der Waals surface area contributed by atoms with Crippen LogP contribution >= 0.6 is 24.8 Å². The van der Waals surface area contributed by atoms with E-state index in [4.69, 9.17) is 10.2 Å². The third-order valence-electron chi connectivity index (χ3n) is 1.63. The molecule has 0 saturated heterocycles. The van der Waals surface area contributed by atoms with Crippen molar-refractivity contribution in [2.45, 2.75) is 5.92 Å². The van der Waals surface area contributed by atoms with Gasteiger partial charge in [0, 0.05) is 0 Å². The van der Waals surface area contributed by atoms with Crippen molar-refractivity contribution in [2.24, 2.45) is 0 Å². The minimum absolute atomic E-state index is 0. The molecular weight excluding hydrogens is 243 g/mol. The summed E-state index contributed by atoms with van der Waals surface area (Å²) in [6.45, 7) is 0. The van der Waals surface area contributed by atoms with Crippen molar-refractivity contribution in [2.75, 3.05) is 0 Å². The van der Waals surface area contributed by atoms with Gasteiger partial charge in [-0.3, -0.25) is 9.59 Å². The smallest absolute Gasteiger partial charge is 0.322 e. The van der Waals surface area contributed by atoms with Gasteiger partial charge in [0.2, 0.25) is 0 Å². The first-order valence-electron chi connectivity index (χ1n) is 3.63. The van der Waals surface area contributed by atoms with Crippen LogP contribution in [0, 0.1) is 0 Å². The minimum Gasteiger partial charge on any atom is -0.480 e. The Morgan fingerprint density at radius 3 is 1.67 bits per heavy atom. The van der Waals surface area contributed by atoms with E-state index in [0.717, 1.165) is 0 Å². The summed E-state index contributed by atoms with van der Waals surface area (Å²) in [4.78, 5) is 21.1. The molecule has 4 nitrogen and oxygen atoms in total. The molecule has 0 heterocycles. The van der Waals surface area contributed by atoms with Crippen molar-refractivity contribution in [1.29, 1.82) is 0 Å². The summed E-state index contributed by atoms with van der Waals surface area (Å²) >= 11 is 0. The second-order valence-corrected chi connectivity index (χ2v) is 2.52. The van der Waals surface area contributed by atoms with Gasteiger partial charge in [-0.2, -0.15) is 0 Å². The Labute approximate surface area is 98.7 Å². The summed E-state index contributed by atoms with van der Waals surface area (Å²) < 4.78 is 0. The van der Waals surface area contributed by atoms with Gasteiger partial charge in [-0.1, -0.05) is 30.3 Å². The van der Waals surface area contributed by atoms with Crippen LogP contribution in [-0.4, -0.2) is 22.2 Å². The maximum atomic E-state index is 10.6. The summed E-state index contributed by atoms with van der Waals surface area (Å²) in [7, 11) is 0. The number of carboxylic acids is 2. The topological polar surface area (TPSA) is 74.6 Å². The van der Waals surface area contributed by atoms with E-state index in [-0.39, 0.29) is 30.4 Å². The van der Waals surface area contributed by atoms with E-state index in [1.165, 1.54) is 12.1 Å². The Hall–Kier alpha value is -1.26. The third kappa shape index (κ3) is 4.18. The molecule has 0 bridgehead atoms. The first-order valence-corrected chi connectivity index (χ1v) is 3.63. The molecule has 0 aromatic heterocycles. The predicted molar refractivity (Wildman–Crippen MR) is 59.0 cm³/mol. The van der Waals surface area contributed by atoms with Crippen LogP contribution in [-0.2, 0) is 9.59 Å². The van der Waals surface area contributed by atoms with Gasteiger partial charge >= 0.3 is 11.9 Å². The number of hydrogen-bond donors (Lipinski definition) is 2. The first kappa shape index (κ1) is 16.2. The monoisotopic (exact) mass is 252 g/mol. The Morgan fingerprint density at radius 1 is 0.933 bits per heavy atom. The summed E-state index contributed by atoms with van der Waals surface area (Å²) in [6, 6.07) is 7.87. The number of benzene rings is 1. The molecule has 1 rings (SSSR count). The van der Waals surface area contributed by atoms with E-state index >= 15 is 0 Å². The lowest BCUT2D eigenvalue weighted by molar-refractivity contribution is -0.150. The van der Waals surface area contributed by atoms with Crippen molar-refractivity contribution >= 4 is 36.8 Å². The normalized spacial score (nSPS) is 8.60. The van der Waals surface area contributed by atoms with Crippen LogP contribution < -0.4 is 0 Å². The van der Waals surface area contributed by atoms with Gasteiger partial charge in [-0.05, 0) is 5.56 Å². The van der Waals surface area contributed by atoms with Crippen LogP contribution in [0.4, 0.5) is 0 Å². The molecule has 0 fully saturated rings. The maximum Gasteiger partial charge on any atom is 0.322 e. The number of hydrogen-bond acceptors (Lipinski definition) is 2. The predicted octanol–water partition coefficient (Wildman–Crippen LogP) is 1.78. The van der Waals surface area contributed by atoms with Crippen LogP contribution in [0.2, 0.25) is 0 Å². The molecule has 0 aliphatic carbocycles. The van der Waals surface area contributed by atoms with Gasteiger partial charge in [-0.25, -0.2) is 0 Å². The Balaban J connectivity index is 0. The highest BCUT2D eigenvalue weighted by atomic mass is 35.5. The summed E-state index contributed by atoms with van der Waals surface area (Å²) in [5, 5.41) is 17.2. The second-order valence-electron chi connectivity index (χ2n) is 2.52. The van der Waals surface area contributed by atoms with E-state index in [1.54, 1.807) is 18.2 Å². The summed E-state index contributed by atoms with van der Waals surface area (Å²) in [5.74, 6) is -4.17. The van der Waals surface area contributed by atoms with Gasteiger partial charge in [0.05, 0.1) is 0 Å². The Morgan fingerprint density at radius 2 is 1.33 bits per heavy atom. The number of halogens is 2. The maximum absolute atomic E-state index is 10.6. The number of rotatable bonds is 3. The lowest BCUT2D eigenvalue weighted by atomic mass is 10.00. The molecule has 2 N–H and O–H groups in total. The fourth-order valence-electron chi connectivity index (χ4n) is 1.04. The molecular formula is C9H10Cl2O4. The van der Waals surface area contributed by atoms with Gasteiger partial charge in [-0.15, -0.1) is 24.8 Å². The Kier molecular flexibility index (Phi) is 7.65. The van der Waals surface area contributed by atoms with Crippen molar-refractivity contribution in [3.63, 3.8) is 0 Å². The van der Waals surface area contributed by atoms with E-state index in [2.05, 4.69) is 0 Å². The minimum atomic E-state index is -1.47. The van der Waals surface area contributed by atoms with Crippen LogP contribution in [0.3, 0.4) is 0 Å². The highest BCUT2D eigenvalue weighted by Crippen LogP contribution is 2.15. The van der Waals surface area contributed by atoms with Gasteiger partial charge in [0.1, 0.15) is 0 Å². The average Bonchev–Trinajstić information content (AvgIpc) is 2.04. The molecule has 0 amide bonds. The molecule has 0 spiro atoms. The molecule has 0 radical (unpaired) electrons. The van der Waals surface area contributed by atoms with Gasteiger partial charge in [0.15, 0.2) is 5.92 Å². The molecule has 0 aliphatic heterocycles. The molecule has 0 unspecified atom stereocenters. The van der Waals surface area contributed by atoms with Crippen LogP contribution in [0.1, 0.15) is 11.5 Å². The van der Waals surface area contributed by atoms with Crippen molar-refractivity contribution in [1.82, 2.24) is 0 Å². The standard InChI is InChI=1S/C9H8O4.2ClH/c10-8(11)7(9(12)13)6-4-2-1-3-5-6;;/h1-5,7H,(H,10,11)(H,12,13);2*1H. The molecule has 84 valence electrons. The quantitative estimate of drug-likeness (QED) is 0.805. The molecule has 0 aliphatic rings. The molecule has 15 heavy (non-hydrogen) atoms. The average molecular weight is 253 g/mol. The SMILES string of the molecule is Cl.Cl.O=C(O)C(C(=O)O)c1ccccc1.